The van der Waals surface area contributed by atoms with Crippen LogP contribution in [0.1, 0.15) is 11.1 Å². The molecule has 0 aliphatic rings. The fourth-order valence-electron chi connectivity index (χ4n) is 1.39. The summed E-state index contributed by atoms with van der Waals surface area (Å²) in [6.45, 7) is 0. The van der Waals surface area contributed by atoms with Gasteiger partial charge in [-0.2, -0.15) is 10.2 Å². The second-order valence-corrected chi connectivity index (χ2v) is 3.88. The first-order valence-corrected chi connectivity index (χ1v) is 6.16. The quantitative estimate of drug-likeness (QED) is 0.542. The molecule has 0 spiro atoms. The number of methoxy groups -OCH3 is 3. The van der Waals surface area contributed by atoms with Gasteiger partial charge in [-0.3, -0.25) is 0 Å². The van der Waals surface area contributed by atoms with E-state index in [2.05, 4.69) is 30.5 Å². The molecular weight excluding hydrogens is 308 g/mol. The molecule has 10 heteroatoms. The molecule has 0 heterocycles. The van der Waals surface area contributed by atoms with Crippen molar-refractivity contribution in [2.24, 2.45) is 10.2 Å². The Morgan fingerprint density at radius 1 is 1.04 bits per heavy atom. The van der Waals surface area contributed by atoms with Crippen molar-refractivity contribution in [3.63, 3.8) is 0 Å². The second kappa shape index (κ2) is 8.87. The molecule has 0 aliphatic heterocycles. The fraction of sp³-hybridized carbons (Fsp3) is 0.231. The first-order chi connectivity index (χ1) is 11.0. The van der Waals surface area contributed by atoms with E-state index in [4.69, 9.17) is 4.74 Å². The molecular formula is C13H16N4O6. The van der Waals surface area contributed by atoms with Crippen LogP contribution in [0.4, 0.5) is 9.59 Å². The van der Waals surface area contributed by atoms with E-state index in [9.17, 15) is 14.7 Å². The van der Waals surface area contributed by atoms with Crippen LogP contribution in [0.3, 0.4) is 0 Å². The Morgan fingerprint density at radius 2 is 1.61 bits per heavy atom. The van der Waals surface area contributed by atoms with Crippen LogP contribution >= 0.6 is 0 Å². The van der Waals surface area contributed by atoms with E-state index in [0.717, 1.165) is 0 Å². The number of nitrogens with one attached hydrogen (secondary N) is 2. The minimum Gasteiger partial charge on any atom is -0.504 e. The third kappa shape index (κ3) is 5.53. The number of nitrogens with zero attached hydrogens (tertiary/aromatic N) is 2. The lowest BCUT2D eigenvalue weighted by Gasteiger charge is -2.07. The zero-order chi connectivity index (χ0) is 17.2. The van der Waals surface area contributed by atoms with Gasteiger partial charge in [-0.25, -0.2) is 20.4 Å². The predicted molar refractivity (Wildman–Crippen MR) is 80.9 cm³/mol. The van der Waals surface area contributed by atoms with Crippen molar-refractivity contribution in [2.75, 3.05) is 21.3 Å². The lowest BCUT2D eigenvalue weighted by atomic mass is 10.1. The first-order valence-electron chi connectivity index (χ1n) is 6.16. The fourth-order valence-corrected chi connectivity index (χ4v) is 1.39. The first kappa shape index (κ1) is 17.8. The van der Waals surface area contributed by atoms with Gasteiger partial charge in [-0.15, -0.1) is 0 Å². The van der Waals surface area contributed by atoms with Crippen molar-refractivity contribution >= 4 is 24.6 Å². The van der Waals surface area contributed by atoms with Gasteiger partial charge in [0.2, 0.25) is 0 Å². The zero-order valence-corrected chi connectivity index (χ0v) is 12.7. The van der Waals surface area contributed by atoms with E-state index in [0.29, 0.717) is 5.56 Å². The summed E-state index contributed by atoms with van der Waals surface area (Å²) in [5.74, 6) is -0.0208. The molecule has 1 aromatic rings. The Hall–Kier alpha value is -3.30. The van der Waals surface area contributed by atoms with E-state index in [1.807, 2.05) is 0 Å². The number of carbonyl (C=O) groups excluding carboxylic acids is 2. The minimum absolute atomic E-state index is 0.159. The molecule has 0 fully saturated rings. The highest BCUT2D eigenvalue weighted by Crippen LogP contribution is 2.29. The molecule has 1 aromatic carbocycles. The number of carbonyl (C=O) groups is 2. The standard InChI is InChI=1S/C13H16N4O6/c1-21-10-5-8(6-14-16-12(19)22-2)4-9(11(10)18)7-15-17-13(20)23-3/h4-7,18H,1-3H3,(H,16,19)(H,17,20)/b14-6-,15-7+. The molecule has 0 aliphatic carbocycles. The van der Waals surface area contributed by atoms with Crippen molar-refractivity contribution in [3.8, 4) is 11.5 Å². The average molecular weight is 324 g/mol. The summed E-state index contributed by atoms with van der Waals surface area (Å²) < 4.78 is 13.7. The van der Waals surface area contributed by atoms with Gasteiger partial charge in [0.1, 0.15) is 0 Å². The summed E-state index contributed by atoms with van der Waals surface area (Å²) >= 11 is 0. The Labute approximate surface area is 131 Å². The number of ether oxygens (including phenoxy) is 3. The van der Waals surface area contributed by atoms with Gasteiger partial charge in [0.25, 0.3) is 0 Å². The highest BCUT2D eigenvalue weighted by atomic mass is 16.5. The molecule has 2 amide bonds. The topological polar surface area (TPSA) is 131 Å². The van der Waals surface area contributed by atoms with Crippen LogP contribution in [0.5, 0.6) is 11.5 Å². The number of hydrazone groups is 2. The number of hydrogen-bond donors (Lipinski definition) is 3. The molecule has 0 radical (unpaired) electrons. The van der Waals surface area contributed by atoms with Crippen LogP contribution in [0, 0.1) is 0 Å². The third-order valence-corrected chi connectivity index (χ3v) is 2.45. The smallest absolute Gasteiger partial charge is 0.427 e. The Kier molecular flexibility index (Phi) is 6.85. The molecule has 0 bridgehead atoms. The van der Waals surface area contributed by atoms with Crippen LogP contribution in [0.2, 0.25) is 0 Å². The van der Waals surface area contributed by atoms with E-state index in [-0.39, 0.29) is 17.1 Å². The Morgan fingerprint density at radius 3 is 2.13 bits per heavy atom. The number of amides is 2. The second-order valence-electron chi connectivity index (χ2n) is 3.88. The van der Waals surface area contributed by atoms with Crippen molar-refractivity contribution in [2.45, 2.75) is 0 Å². The molecule has 3 N–H and O–H groups in total. The van der Waals surface area contributed by atoms with Gasteiger partial charge >= 0.3 is 12.2 Å². The van der Waals surface area contributed by atoms with Gasteiger partial charge in [-0.05, 0) is 17.7 Å². The normalized spacial score (nSPS) is 10.6. The summed E-state index contributed by atoms with van der Waals surface area (Å²) in [4.78, 5) is 21.8. The molecule has 1 rings (SSSR count). The van der Waals surface area contributed by atoms with E-state index in [1.54, 1.807) is 0 Å². The van der Waals surface area contributed by atoms with E-state index >= 15 is 0 Å². The van der Waals surface area contributed by atoms with Gasteiger partial charge in [-0.1, -0.05) is 0 Å². The third-order valence-electron chi connectivity index (χ3n) is 2.45. The molecule has 0 aromatic heterocycles. The minimum atomic E-state index is -0.757. The summed E-state index contributed by atoms with van der Waals surface area (Å²) in [5.41, 5.74) is 4.94. The van der Waals surface area contributed by atoms with Gasteiger partial charge < -0.3 is 19.3 Å². The monoisotopic (exact) mass is 324 g/mol. The molecule has 0 saturated heterocycles. The largest absolute Gasteiger partial charge is 0.504 e. The summed E-state index contributed by atoms with van der Waals surface area (Å²) in [5, 5.41) is 17.3. The Bertz CT molecular complexity index is 629. The molecule has 0 unspecified atom stereocenters. The van der Waals surface area contributed by atoms with E-state index in [1.165, 1.54) is 45.9 Å². The zero-order valence-electron chi connectivity index (χ0n) is 12.7. The van der Waals surface area contributed by atoms with Crippen LogP contribution in [0.25, 0.3) is 0 Å². The molecule has 124 valence electrons. The van der Waals surface area contributed by atoms with Crippen LogP contribution < -0.4 is 15.6 Å². The predicted octanol–water partition coefficient (Wildman–Crippen LogP) is 0.781. The van der Waals surface area contributed by atoms with Crippen molar-refractivity contribution < 1.29 is 28.9 Å². The van der Waals surface area contributed by atoms with Crippen molar-refractivity contribution in [3.05, 3.63) is 23.3 Å². The van der Waals surface area contributed by atoms with Gasteiger partial charge in [0, 0.05) is 5.56 Å². The molecule has 10 nitrogen and oxygen atoms in total. The van der Waals surface area contributed by atoms with Crippen LogP contribution in [-0.2, 0) is 9.47 Å². The van der Waals surface area contributed by atoms with Crippen LogP contribution in [0.15, 0.2) is 22.3 Å². The summed E-state index contributed by atoms with van der Waals surface area (Å²) in [6.07, 6.45) is 1.02. The number of phenolic OH excluding ortho intramolecular Hbond substituents is 1. The number of aromatic hydroxyl groups is 1. The number of benzene rings is 1. The van der Waals surface area contributed by atoms with E-state index < -0.39 is 12.2 Å². The highest BCUT2D eigenvalue weighted by molar-refractivity contribution is 5.91. The van der Waals surface area contributed by atoms with Crippen LogP contribution in [-0.4, -0.2) is 51.1 Å². The van der Waals surface area contributed by atoms with Crippen molar-refractivity contribution in [1.82, 2.24) is 10.9 Å². The number of hydrogen-bond acceptors (Lipinski definition) is 8. The molecule has 0 atom stereocenters. The lowest BCUT2D eigenvalue weighted by Crippen LogP contribution is -2.17. The maximum absolute atomic E-state index is 10.9. The maximum atomic E-state index is 10.9. The average Bonchev–Trinajstić information content (AvgIpc) is 2.56. The maximum Gasteiger partial charge on any atom is 0.427 e. The molecule has 23 heavy (non-hydrogen) atoms. The highest BCUT2D eigenvalue weighted by Gasteiger charge is 2.09. The number of phenols is 1. The van der Waals surface area contributed by atoms with Gasteiger partial charge in [0.05, 0.1) is 33.8 Å². The lowest BCUT2D eigenvalue weighted by molar-refractivity contribution is 0.170. The van der Waals surface area contributed by atoms with Gasteiger partial charge in [0.15, 0.2) is 11.5 Å². The number of rotatable bonds is 5. The van der Waals surface area contributed by atoms with Crippen molar-refractivity contribution in [1.29, 1.82) is 0 Å². The summed E-state index contributed by atoms with van der Waals surface area (Å²) in [6, 6.07) is 2.99. The summed E-state index contributed by atoms with van der Waals surface area (Å²) in [7, 11) is 3.77. The molecule has 0 saturated carbocycles. The Balaban J connectivity index is 2.98. The SMILES string of the molecule is COC(=O)N/N=C\c1cc(/C=N/NC(=O)OC)c(O)c(OC)c1.